The normalized spacial score (nSPS) is 17.8. The zero-order valence-electron chi connectivity index (χ0n) is 10.3. The van der Waals surface area contributed by atoms with Crippen LogP contribution in [0.1, 0.15) is 31.9 Å². The quantitative estimate of drug-likeness (QED) is 0.749. The van der Waals surface area contributed by atoms with Gasteiger partial charge in [0.2, 0.25) is 0 Å². The van der Waals surface area contributed by atoms with Gasteiger partial charge in [0.25, 0.3) is 0 Å². The van der Waals surface area contributed by atoms with Crippen LogP contribution in [0.4, 0.5) is 4.39 Å². The molecule has 0 saturated carbocycles. The van der Waals surface area contributed by atoms with Crippen LogP contribution in [0.25, 0.3) is 0 Å². The van der Waals surface area contributed by atoms with E-state index in [0.29, 0.717) is 6.42 Å². The van der Waals surface area contributed by atoms with Crippen LogP contribution in [0.15, 0.2) is 24.3 Å². The maximum Gasteiger partial charge on any atom is 0.339 e. The Morgan fingerprint density at radius 3 is 2.44 bits per heavy atom. The van der Waals surface area contributed by atoms with Gasteiger partial charge in [-0.2, -0.15) is 0 Å². The average Bonchev–Trinajstić information content (AvgIpc) is 2.36. The lowest BCUT2D eigenvalue weighted by Gasteiger charge is -2.34. The molecule has 18 heavy (non-hydrogen) atoms. The fraction of sp³-hybridized carbons (Fsp3) is 0.462. The Kier molecular flexibility index (Phi) is 4.43. The van der Waals surface area contributed by atoms with Crippen LogP contribution in [0.5, 0.6) is 0 Å². The first-order valence-electron chi connectivity index (χ1n) is 5.73. The Morgan fingerprint density at radius 2 is 2.00 bits per heavy atom. The largest absolute Gasteiger partial charge is 0.479 e. The minimum Gasteiger partial charge on any atom is -0.479 e. The van der Waals surface area contributed by atoms with E-state index >= 15 is 0 Å². The van der Waals surface area contributed by atoms with Gasteiger partial charge >= 0.3 is 5.97 Å². The van der Waals surface area contributed by atoms with Crippen molar-refractivity contribution < 1.29 is 24.5 Å². The van der Waals surface area contributed by atoms with E-state index in [1.54, 1.807) is 6.92 Å². The fourth-order valence-electron chi connectivity index (χ4n) is 1.84. The molecule has 1 unspecified atom stereocenters. The van der Waals surface area contributed by atoms with Crippen LogP contribution in [-0.4, -0.2) is 26.9 Å². The molecule has 0 fully saturated rings. The Labute approximate surface area is 105 Å². The Balaban J connectivity index is 3.24. The van der Waals surface area contributed by atoms with E-state index in [1.165, 1.54) is 25.1 Å². The van der Waals surface area contributed by atoms with Crippen molar-refractivity contribution in [1.29, 1.82) is 0 Å². The molecule has 3 N–H and O–H groups in total. The molecule has 0 spiro atoms. The molecule has 0 radical (unpaired) electrons. The first-order chi connectivity index (χ1) is 8.35. The number of benzene rings is 1. The summed E-state index contributed by atoms with van der Waals surface area (Å²) >= 11 is 0. The predicted octanol–water partition coefficient (Wildman–Crippen LogP) is 1.72. The molecule has 5 heteroatoms. The number of carboxylic acid groups (broad SMARTS) is 1. The number of aliphatic hydroxyl groups excluding tert-OH is 1. The van der Waals surface area contributed by atoms with Gasteiger partial charge < -0.3 is 15.3 Å². The van der Waals surface area contributed by atoms with E-state index in [-0.39, 0.29) is 5.56 Å². The summed E-state index contributed by atoms with van der Waals surface area (Å²) in [6, 6.07) is 5.27. The van der Waals surface area contributed by atoms with E-state index in [2.05, 4.69) is 0 Å². The van der Waals surface area contributed by atoms with Crippen molar-refractivity contribution >= 4 is 5.97 Å². The molecule has 1 rings (SSSR count). The smallest absolute Gasteiger partial charge is 0.339 e. The van der Waals surface area contributed by atoms with Gasteiger partial charge in [0, 0.05) is 5.56 Å². The highest BCUT2D eigenvalue weighted by Crippen LogP contribution is 2.35. The van der Waals surface area contributed by atoms with Gasteiger partial charge in [0.15, 0.2) is 5.60 Å². The maximum atomic E-state index is 13.5. The van der Waals surface area contributed by atoms with Gasteiger partial charge in [-0.05, 0) is 12.0 Å². The number of halogens is 1. The molecular weight excluding hydrogens is 239 g/mol. The number of carbonyl (C=O) groups is 1. The number of carboxylic acids is 1. The summed E-state index contributed by atoms with van der Waals surface area (Å²) in [6.45, 7) is 3.19. The molecular formula is C13H17FO4. The highest BCUT2D eigenvalue weighted by molar-refractivity contribution is 5.78. The summed E-state index contributed by atoms with van der Waals surface area (Å²) in [5.41, 5.74) is -2.63. The molecule has 0 aliphatic heterocycles. The SMILES string of the molecule is CCC(C)[C@@](O)(C(=O)O)[C@@H](O)c1ccccc1F. The van der Waals surface area contributed by atoms with Crippen LogP contribution in [0.3, 0.4) is 0 Å². The van der Waals surface area contributed by atoms with Gasteiger partial charge in [0.1, 0.15) is 11.9 Å². The number of hydrogen-bond donors (Lipinski definition) is 3. The summed E-state index contributed by atoms with van der Waals surface area (Å²) in [5, 5.41) is 29.3. The molecule has 0 heterocycles. The maximum absolute atomic E-state index is 13.5. The molecule has 1 aromatic carbocycles. The zero-order chi connectivity index (χ0) is 13.9. The topological polar surface area (TPSA) is 77.8 Å². The summed E-state index contributed by atoms with van der Waals surface area (Å²) in [5.74, 6) is -3.02. The van der Waals surface area contributed by atoms with Gasteiger partial charge in [-0.25, -0.2) is 9.18 Å². The molecule has 0 bridgehead atoms. The number of aliphatic hydroxyl groups is 2. The monoisotopic (exact) mass is 256 g/mol. The van der Waals surface area contributed by atoms with Crippen LogP contribution in [-0.2, 0) is 4.79 Å². The molecule has 4 nitrogen and oxygen atoms in total. The number of rotatable bonds is 5. The van der Waals surface area contributed by atoms with Gasteiger partial charge in [0.05, 0.1) is 0 Å². The third-order valence-corrected chi connectivity index (χ3v) is 3.32. The fourth-order valence-corrected chi connectivity index (χ4v) is 1.84. The van der Waals surface area contributed by atoms with Gasteiger partial charge in [-0.3, -0.25) is 0 Å². The molecule has 1 aromatic rings. The van der Waals surface area contributed by atoms with Crippen molar-refractivity contribution in [3.63, 3.8) is 0 Å². The second kappa shape index (κ2) is 5.46. The highest BCUT2D eigenvalue weighted by Gasteiger charge is 2.49. The van der Waals surface area contributed by atoms with Crippen LogP contribution < -0.4 is 0 Å². The summed E-state index contributed by atoms with van der Waals surface area (Å²) in [6.07, 6.45) is -1.47. The number of hydrogen-bond acceptors (Lipinski definition) is 3. The van der Waals surface area contributed by atoms with Crippen LogP contribution in [0.2, 0.25) is 0 Å². The van der Waals surface area contributed by atoms with Crippen molar-refractivity contribution in [2.24, 2.45) is 5.92 Å². The summed E-state index contributed by atoms with van der Waals surface area (Å²) < 4.78 is 13.5. The molecule has 100 valence electrons. The van der Waals surface area contributed by atoms with E-state index in [4.69, 9.17) is 5.11 Å². The third kappa shape index (κ3) is 2.37. The van der Waals surface area contributed by atoms with Gasteiger partial charge in [-0.15, -0.1) is 0 Å². The zero-order valence-corrected chi connectivity index (χ0v) is 10.3. The standard InChI is InChI=1S/C13H17FO4/c1-3-8(2)13(18,12(16)17)11(15)9-6-4-5-7-10(9)14/h4-8,11,15,18H,3H2,1-2H3,(H,16,17)/t8?,11-,13-/m0/s1. The molecule has 0 aromatic heterocycles. The van der Waals surface area contributed by atoms with Crippen molar-refractivity contribution in [2.75, 3.05) is 0 Å². The van der Waals surface area contributed by atoms with Crippen molar-refractivity contribution in [2.45, 2.75) is 32.0 Å². The van der Waals surface area contributed by atoms with E-state index < -0.39 is 29.4 Å². The Bertz CT molecular complexity index is 435. The van der Waals surface area contributed by atoms with Crippen LogP contribution >= 0.6 is 0 Å². The average molecular weight is 256 g/mol. The predicted molar refractivity (Wildman–Crippen MR) is 63.4 cm³/mol. The van der Waals surface area contributed by atoms with Gasteiger partial charge in [-0.1, -0.05) is 38.5 Å². The van der Waals surface area contributed by atoms with Crippen LogP contribution in [0, 0.1) is 11.7 Å². The summed E-state index contributed by atoms with van der Waals surface area (Å²) in [7, 11) is 0. The first kappa shape index (κ1) is 14.6. The van der Waals surface area contributed by atoms with E-state index in [9.17, 15) is 19.4 Å². The molecule has 0 saturated heterocycles. The molecule has 0 aliphatic rings. The Hall–Kier alpha value is -1.46. The molecule has 3 atom stereocenters. The van der Waals surface area contributed by atoms with Crippen molar-refractivity contribution in [3.8, 4) is 0 Å². The minimum atomic E-state index is -2.41. The first-order valence-corrected chi connectivity index (χ1v) is 5.73. The lowest BCUT2D eigenvalue weighted by atomic mass is 9.79. The molecule has 0 amide bonds. The number of aliphatic carboxylic acids is 1. The van der Waals surface area contributed by atoms with Crippen molar-refractivity contribution in [3.05, 3.63) is 35.6 Å². The summed E-state index contributed by atoms with van der Waals surface area (Å²) in [4.78, 5) is 11.2. The lowest BCUT2D eigenvalue weighted by Crippen LogP contribution is -2.50. The lowest BCUT2D eigenvalue weighted by molar-refractivity contribution is -0.182. The minimum absolute atomic E-state index is 0.220. The van der Waals surface area contributed by atoms with E-state index in [1.807, 2.05) is 0 Å². The van der Waals surface area contributed by atoms with Crippen molar-refractivity contribution in [1.82, 2.24) is 0 Å². The third-order valence-electron chi connectivity index (χ3n) is 3.32. The second-order valence-electron chi connectivity index (χ2n) is 4.36. The highest BCUT2D eigenvalue weighted by atomic mass is 19.1. The second-order valence-corrected chi connectivity index (χ2v) is 4.36. The molecule has 0 aliphatic carbocycles. The Morgan fingerprint density at radius 1 is 1.44 bits per heavy atom. The van der Waals surface area contributed by atoms with E-state index in [0.717, 1.165) is 6.07 Å².